The Morgan fingerprint density at radius 1 is 1.00 bits per heavy atom. The van der Waals surface area contributed by atoms with E-state index in [4.69, 9.17) is 5.11 Å². The predicted molar refractivity (Wildman–Crippen MR) is 79.0 cm³/mol. The van der Waals surface area contributed by atoms with E-state index in [0.717, 1.165) is 18.4 Å². The first-order valence-electron chi connectivity index (χ1n) is 5.80. The number of halogens is 1. The van der Waals surface area contributed by atoms with Gasteiger partial charge in [0.1, 0.15) is 0 Å². The molecule has 0 saturated heterocycles. The van der Waals surface area contributed by atoms with Gasteiger partial charge >= 0.3 is 5.97 Å². The van der Waals surface area contributed by atoms with Crippen LogP contribution in [0.1, 0.15) is 21.5 Å². The van der Waals surface area contributed by atoms with Crippen LogP contribution < -0.4 is 0 Å². The van der Waals surface area contributed by atoms with Gasteiger partial charge in [0.2, 0.25) is 0 Å². The summed E-state index contributed by atoms with van der Waals surface area (Å²) in [7, 11) is 0. The number of carboxylic acids is 1. The summed E-state index contributed by atoms with van der Waals surface area (Å²) >= 11 is 2.32. The van der Waals surface area contributed by atoms with Crippen LogP contribution in [0.4, 0.5) is 0 Å². The Labute approximate surface area is 119 Å². The molecule has 1 N–H and O–H groups in total. The first-order valence-corrected chi connectivity index (χ1v) is 6.88. The number of carbonyl (C=O) groups is 1. The highest BCUT2D eigenvalue weighted by Crippen LogP contribution is 2.34. The van der Waals surface area contributed by atoms with Gasteiger partial charge in [-0.05, 0) is 82.0 Å². The lowest BCUT2D eigenvalue weighted by Crippen LogP contribution is -2.06. The monoisotopic (exact) mass is 350 g/mol. The number of carboxylic acid groups (broad SMARTS) is 1. The molecular formula is C15H11IO2. The summed E-state index contributed by atoms with van der Waals surface area (Å²) in [6, 6.07) is 11.9. The maximum Gasteiger partial charge on any atom is 0.335 e. The molecule has 3 rings (SSSR count). The second-order valence-corrected chi connectivity index (χ2v) is 5.72. The van der Waals surface area contributed by atoms with Gasteiger partial charge < -0.3 is 5.11 Å². The Bertz CT molecular complexity index is 647. The number of aromatic carboxylic acids is 1. The molecule has 0 bridgehead atoms. The average Bonchev–Trinajstić information content (AvgIpc) is 2.37. The van der Waals surface area contributed by atoms with E-state index in [1.807, 2.05) is 6.07 Å². The number of rotatable bonds is 1. The number of benzene rings is 2. The number of hydrogen-bond donors (Lipinski definition) is 1. The van der Waals surface area contributed by atoms with E-state index in [1.54, 1.807) is 12.1 Å². The summed E-state index contributed by atoms with van der Waals surface area (Å²) in [4.78, 5) is 11.0. The van der Waals surface area contributed by atoms with E-state index in [-0.39, 0.29) is 0 Å². The van der Waals surface area contributed by atoms with Crippen molar-refractivity contribution in [1.29, 1.82) is 0 Å². The number of aryl methyl sites for hydroxylation is 2. The molecule has 0 fully saturated rings. The highest BCUT2D eigenvalue weighted by atomic mass is 127. The summed E-state index contributed by atoms with van der Waals surface area (Å²) in [6.07, 6.45) is 1.91. The summed E-state index contributed by atoms with van der Waals surface area (Å²) in [5.41, 5.74) is 5.30. The second-order valence-electron chi connectivity index (χ2n) is 4.48. The van der Waals surface area contributed by atoms with Crippen molar-refractivity contribution in [2.45, 2.75) is 12.8 Å². The summed E-state index contributed by atoms with van der Waals surface area (Å²) in [6.45, 7) is 0. The number of fused-ring (bicyclic) bond motifs is 3. The van der Waals surface area contributed by atoms with E-state index in [2.05, 4.69) is 40.8 Å². The molecule has 0 amide bonds. The van der Waals surface area contributed by atoms with Crippen LogP contribution in [0.15, 0.2) is 36.4 Å². The van der Waals surface area contributed by atoms with Gasteiger partial charge in [0, 0.05) is 3.57 Å². The molecule has 0 radical (unpaired) electrons. The van der Waals surface area contributed by atoms with Crippen molar-refractivity contribution in [2.75, 3.05) is 0 Å². The van der Waals surface area contributed by atoms with E-state index < -0.39 is 5.97 Å². The van der Waals surface area contributed by atoms with Crippen molar-refractivity contribution in [3.8, 4) is 11.1 Å². The van der Waals surface area contributed by atoms with Gasteiger partial charge in [0.05, 0.1) is 5.56 Å². The lowest BCUT2D eigenvalue weighted by atomic mass is 9.85. The molecule has 0 heterocycles. The fraction of sp³-hybridized carbons (Fsp3) is 0.133. The van der Waals surface area contributed by atoms with Gasteiger partial charge in [-0.25, -0.2) is 4.79 Å². The zero-order chi connectivity index (χ0) is 12.7. The maximum absolute atomic E-state index is 11.0. The van der Waals surface area contributed by atoms with E-state index in [0.29, 0.717) is 5.56 Å². The van der Waals surface area contributed by atoms with Gasteiger partial charge in [0.15, 0.2) is 0 Å². The largest absolute Gasteiger partial charge is 0.478 e. The summed E-state index contributed by atoms with van der Waals surface area (Å²) in [5.74, 6) is -0.855. The Hall–Kier alpha value is -1.36. The molecule has 0 aliphatic heterocycles. The summed E-state index contributed by atoms with van der Waals surface area (Å²) in [5, 5.41) is 9.02. The fourth-order valence-corrected chi connectivity index (χ4v) is 3.05. The molecular weight excluding hydrogens is 339 g/mol. The molecule has 90 valence electrons. The lowest BCUT2D eigenvalue weighted by molar-refractivity contribution is 0.0697. The highest BCUT2D eigenvalue weighted by Gasteiger charge is 2.17. The van der Waals surface area contributed by atoms with Crippen LogP contribution in [0, 0.1) is 3.57 Å². The third kappa shape index (κ3) is 1.92. The highest BCUT2D eigenvalue weighted by molar-refractivity contribution is 14.1. The van der Waals surface area contributed by atoms with Gasteiger partial charge in [0.25, 0.3) is 0 Å². The Kier molecular flexibility index (Phi) is 2.86. The standard InChI is InChI=1S/C15H11IO2/c16-12-4-6-14-10(8-12)2-1-9-7-11(15(17)18)3-5-13(9)14/h3-8H,1-2H2,(H,17,18). The molecule has 0 unspecified atom stereocenters. The maximum atomic E-state index is 11.0. The minimum Gasteiger partial charge on any atom is -0.478 e. The predicted octanol–water partition coefficient (Wildman–Crippen LogP) is 3.76. The molecule has 0 aromatic heterocycles. The van der Waals surface area contributed by atoms with Crippen LogP contribution in [0.25, 0.3) is 11.1 Å². The lowest BCUT2D eigenvalue weighted by Gasteiger charge is -2.20. The fourth-order valence-electron chi connectivity index (χ4n) is 2.50. The van der Waals surface area contributed by atoms with Crippen LogP contribution >= 0.6 is 22.6 Å². The SMILES string of the molecule is O=C(O)c1ccc2c(c1)CCc1cc(I)ccc1-2. The van der Waals surface area contributed by atoms with Crippen molar-refractivity contribution < 1.29 is 9.90 Å². The van der Waals surface area contributed by atoms with E-state index >= 15 is 0 Å². The Morgan fingerprint density at radius 2 is 1.61 bits per heavy atom. The van der Waals surface area contributed by atoms with E-state index in [9.17, 15) is 4.79 Å². The topological polar surface area (TPSA) is 37.3 Å². The molecule has 2 aromatic rings. The average molecular weight is 350 g/mol. The van der Waals surface area contributed by atoms with Crippen molar-refractivity contribution in [3.05, 3.63) is 56.7 Å². The zero-order valence-electron chi connectivity index (χ0n) is 9.61. The molecule has 2 aromatic carbocycles. The van der Waals surface area contributed by atoms with Gasteiger partial charge in [-0.15, -0.1) is 0 Å². The van der Waals surface area contributed by atoms with Gasteiger partial charge in [-0.1, -0.05) is 12.1 Å². The Balaban J connectivity index is 2.16. The van der Waals surface area contributed by atoms with Crippen LogP contribution in [0.2, 0.25) is 0 Å². The molecule has 0 saturated carbocycles. The molecule has 1 aliphatic rings. The smallest absolute Gasteiger partial charge is 0.335 e. The molecule has 0 spiro atoms. The second kappa shape index (κ2) is 4.39. The van der Waals surface area contributed by atoms with Crippen molar-refractivity contribution >= 4 is 28.6 Å². The molecule has 2 nitrogen and oxygen atoms in total. The van der Waals surface area contributed by atoms with Crippen molar-refractivity contribution in [1.82, 2.24) is 0 Å². The first kappa shape index (κ1) is 11.7. The third-order valence-electron chi connectivity index (χ3n) is 3.37. The van der Waals surface area contributed by atoms with Gasteiger partial charge in [-0.2, -0.15) is 0 Å². The van der Waals surface area contributed by atoms with Crippen LogP contribution in [-0.2, 0) is 12.8 Å². The minimum atomic E-state index is -0.855. The normalized spacial score (nSPS) is 12.7. The molecule has 0 atom stereocenters. The Morgan fingerprint density at radius 3 is 2.28 bits per heavy atom. The van der Waals surface area contributed by atoms with Gasteiger partial charge in [-0.3, -0.25) is 0 Å². The van der Waals surface area contributed by atoms with Crippen LogP contribution in [0.5, 0.6) is 0 Å². The van der Waals surface area contributed by atoms with Crippen molar-refractivity contribution in [2.24, 2.45) is 0 Å². The van der Waals surface area contributed by atoms with Crippen LogP contribution in [-0.4, -0.2) is 11.1 Å². The summed E-state index contributed by atoms with van der Waals surface area (Å²) < 4.78 is 1.25. The molecule has 3 heteroatoms. The van der Waals surface area contributed by atoms with Crippen molar-refractivity contribution in [3.63, 3.8) is 0 Å². The first-order chi connectivity index (χ1) is 8.65. The van der Waals surface area contributed by atoms with E-state index in [1.165, 1.54) is 20.3 Å². The molecule has 18 heavy (non-hydrogen) atoms. The quantitative estimate of drug-likeness (QED) is 0.796. The third-order valence-corrected chi connectivity index (χ3v) is 4.04. The zero-order valence-corrected chi connectivity index (χ0v) is 11.8. The van der Waals surface area contributed by atoms with Crippen LogP contribution in [0.3, 0.4) is 0 Å². The number of hydrogen-bond acceptors (Lipinski definition) is 1. The minimum absolute atomic E-state index is 0.378. The molecule has 1 aliphatic carbocycles.